The van der Waals surface area contributed by atoms with Crippen LogP contribution in [0.3, 0.4) is 0 Å². The third-order valence-electron chi connectivity index (χ3n) is 5.65. The van der Waals surface area contributed by atoms with Crippen LogP contribution < -0.4 is 0 Å². The summed E-state index contributed by atoms with van der Waals surface area (Å²) in [5, 5.41) is 0.800. The topological polar surface area (TPSA) is 23.6 Å². The molecule has 1 saturated heterocycles. The van der Waals surface area contributed by atoms with E-state index in [0.717, 1.165) is 13.1 Å². The van der Waals surface area contributed by atoms with Crippen molar-refractivity contribution < 1.29 is 4.79 Å². The molecule has 1 fully saturated rings. The second-order valence-electron chi connectivity index (χ2n) is 7.65. The number of benzene rings is 3. The van der Waals surface area contributed by atoms with Crippen LogP contribution in [0.4, 0.5) is 0 Å². The Balaban J connectivity index is 1.54. The molecule has 3 aromatic rings. The molecule has 5 heteroatoms. The van der Waals surface area contributed by atoms with Crippen molar-refractivity contribution in [2.75, 3.05) is 26.2 Å². The number of aryl methyl sites for hydroxylation is 1. The maximum absolute atomic E-state index is 13.0. The highest BCUT2D eigenvalue weighted by Crippen LogP contribution is 2.31. The summed E-state index contributed by atoms with van der Waals surface area (Å²) < 4.78 is 0. The summed E-state index contributed by atoms with van der Waals surface area (Å²) in [6.07, 6.45) is 0. The molecule has 0 N–H and O–H groups in total. The molecule has 1 aliphatic rings. The minimum Gasteiger partial charge on any atom is -0.336 e. The predicted octanol–water partition coefficient (Wildman–Crippen LogP) is 5.85. The van der Waals surface area contributed by atoms with Gasteiger partial charge in [-0.25, -0.2) is 0 Å². The smallest absolute Gasteiger partial charge is 0.256 e. The van der Waals surface area contributed by atoms with E-state index < -0.39 is 0 Å². The predicted molar refractivity (Wildman–Crippen MR) is 123 cm³/mol. The summed E-state index contributed by atoms with van der Waals surface area (Å²) in [5.41, 5.74) is 4.17. The van der Waals surface area contributed by atoms with E-state index in [4.69, 9.17) is 23.2 Å². The second kappa shape index (κ2) is 9.22. The first-order valence-corrected chi connectivity index (χ1v) is 10.9. The van der Waals surface area contributed by atoms with Gasteiger partial charge in [-0.15, -0.1) is 0 Å². The first-order valence-electron chi connectivity index (χ1n) is 10.1. The maximum atomic E-state index is 13.0. The normalized spacial score (nSPS) is 15.8. The maximum Gasteiger partial charge on any atom is 0.256 e. The number of hydrogen-bond acceptors (Lipinski definition) is 2. The van der Waals surface area contributed by atoms with Crippen molar-refractivity contribution >= 4 is 29.1 Å². The van der Waals surface area contributed by atoms with Crippen LogP contribution in [0.2, 0.25) is 10.0 Å². The fourth-order valence-corrected chi connectivity index (χ4v) is 4.60. The van der Waals surface area contributed by atoms with E-state index >= 15 is 0 Å². The molecule has 1 amide bonds. The van der Waals surface area contributed by atoms with E-state index in [2.05, 4.69) is 60.4 Å². The van der Waals surface area contributed by atoms with Crippen molar-refractivity contribution in [2.24, 2.45) is 0 Å². The lowest BCUT2D eigenvalue weighted by Crippen LogP contribution is -2.50. The van der Waals surface area contributed by atoms with Gasteiger partial charge in [-0.1, -0.05) is 89.4 Å². The fourth-order valence-electron chi connectivity index (χ4n) is 4.04. The molecule has 0 aliphatic carbocycles. The molecule has 4 rings (SSSR count). The molecule has 1 atom stereocenters. The van der Waals surface area contributed by atoms with Gasteiger partial charge in [0.05, 0.1) is 21.7 Å². The van der Waals surface area contributed by atoms with Gasteiger partial charge in [-0.3, -0.25) is 9.69 Å². The summed E-state index contributed by atoms with van der Waals surface area (Å²) in [6, 6.07) is 24.6. The quantitative estimate of drug-likeness (QED) is 0.509. The number of nitrogens with zero attached hydrogens (tertiary/aromatic N) is 2. The van der Waals surface area contributed by atoms with Gasteiger partial charge in [0.2, 0.25) is 0 Å². The van der Waals surface area contributed by atoms with Crippen molar-refractivity contribution in [3.8, 4) is 0 Å². The number of halogens is 2. The molecule has 1 aliphatic heterocycles. The molecule has 154 valence electrons. The minimum absolute atomic E-state index is 0.100. The Kier molecular flexibility index (Phi) is 6.43. The van der Waals surface area contributed by atoms with Crippen LogP contribution in [0.15, 0.2) is 72.8 Å². The van der Waals surface area contributed by atoms with E-state index in [-0.39, 0.29) is 11.9 Å². The molecular weight excluding hydrogens is 415 g/mol. The molecule has 0 saturated carbocycles. The van der Waals surface area contributed by atoms with Crippen LogP contribution in [0, 0.1) is 6.92 Å². The van der Waals surface area contributed by atoms with E-state index in [0.29, 0.717) is 28.7 Å². The number of rotatable bonds is 4. The van der Waals surface area contributed by atoms with Crippen LogP contribution >= 0.6 is 23.2 Å². The van der Waals surface area contributed by atoms with Gasteiger partial charge in [-0.05, 0) is 30.2 Å². The van der Waals surface area contributed by atoms with Gasteiger partial charge >= 0.3 is 0 Å². The fraction of sp³-hybridized carbons (Fsp3) is 0.240. The SMILES string of the molecule is Cc1ccc([C@@H](c2ccccc2)N2CCN(C(=O)c3c(Cl)cccc3Cl)CC2)cc1. The summed E-state index contributed by atoms with van der Waals surface area (Å²) in [6.45, 7) is 4.93. The van der Waals surface area contributed by atoms with Crippen LogP contribution in [-0.2, 0) is 0 Å². The summed E-state index contributed by atoms with van der Waals surface area (Å²) in [7, 11) is 0. The molecule has 3 nitrogen and oxygen atoms in total. The number of amides is 1. The van der Waals surface area contributed by atoms with Gasteiger partial charge in [0.1, 0.15) is 0 Å². The van der Waals surface area contributed by atoms with Gasteiger partial charge in [0.25, 0.3) is 5.91 Å². The molecular formula is C25H24Cl2N2O. The Morgan fingerprint density at radius 3 is 1.93 bits per heavy atom. The molecule has 1 heterocycles. The summed E-state index contributed by atoms with van der Waals surface area (Å²) >= 11 is 12.5. The number of carbonyl (C=O) groups is 1. The van der Waals surface area contributed by atoms with Gasteiger partial charge in [0, 0.05) is 26.2 Å². The van der Waals surface area contributed by atoms with E-state index in [1.165, 1.54) is 16.7 Å². The van der Waals surface area contributed by atoms with Crippen LogP contribution in [-0.4, -0.2) is 41.9 Å². The molecule has 0 bridgehead atoms. The lowest BCUT2D eigenvalue weighted by atomic mass is 9.95. The van der Waals surface area contributed by atoms with Crippen LogP contribution in [0.5, 0.6) is 0 Å². The van der Waals surface area contributed by atoms with Crippen molar-refractivity contribution in [3.63, 3.8) is 0 Å². The van der Waals surface area contributed by atoms with Crippen molar-refractivity contribution in [1.29, 1.82) is 0 Å². The lowest BCUT2D eigenvalue weighted by Gasteiger charge is -2.40. The third kappa shape index (κ3) is 4.39. The molecule has 3 aromatic carbocycles. The minimum atomic E-state index is -0.100. The zero-order valence-corrected chi connectivity index (χ0v) is 18.4. The summed E-state index contributed by atoms with van der Waals surface area (Å²) in [4.78, 5) is 17.3. The van der Waals surface area contributed by atoms with E-state index in [9.17, 15) is 4.79 Å². The molecule has 0 radical (unpaired) electrons. The molecule has 0 unspecified atom stereocenters. The van der Waals surface area contributed by atoms with Crippen LogP contribution in [0.1, 0.15) is 33.1 Å². The monoisotopic (exact) mass is 438 g/mol. The zero-order valence-electron chi connectivity index (χ0n) is 16.9. The number of hydrogen-bond donors (Lipinski definition) is 0. The van der Waals surface area contributed by atoms with Crippen molar-refractivity contribution in [3.05, 3.63) is 105 Å². The Bertz CT molecular complexity index is 993. The average molecular weight is 439 g/mol. The van der Waals surface area contributed by atoms with E-state index in [1.807, 2.05) is 11.0 Å². The van der Waals surface area contributed by atoms with Gasteiger partial charge in [-0.2, -0.15) is 0 Å². The Labute approximate surface area is 187 Å². The Hall–Kier alpha value is -2.33. The highest BCUT2D eigenvalue weighted by molar-refractivity contribution is 6.39. The van der Waals surface area contributed by atoms with Gasteiger partial charge < -0.3 is 4.90 Å². The van der Waals surface area contributed by atoms with Crippen molar-refractivity contribution in [1.82, 2.24) is 9.80 Å². The average Bonchev–Trinajstić information content (AvgIpc) is 2.76. The number of carbonyl (C=O) groups excluding carboxylic acids is 1. The second-order valence-corrected chi connectivity index (χ2v) is 8.46. The van der Waals surface area contributed by atoms with E-state index in [1.54, 1.807) is 18.2 Å². The summed E-state index contributed by atoms with van der Waals surface area (Å²) in [5.74, 6) is -0.100. The highest BCUT2D eigenvalue weighted by atomic mass is 35.5. The lowest BCUT2D eigenvalue weighted by molar-refractivity contribution is 0.0597. The van der Waals surface area contributed by atoms with Gasteiger partial charge in [0.15, 0.2) is 0 Å². The first-order chi connectivity index (χ1) is 14.5. The highest BCUT2D eigenvalue weighted by Gasteiger charge is 2.29. The Morgan fingerprint density at radius 2 is 1.33 bits per heavy atom. The molecule has 0 aromatic heterocycles. The molecule has 30 heavy (non-hydrogen) atoms. The third-order valence-corrected chi connectivity index (χ3v) is 6.28. The number of piperazine rings is 1. The van der Waals surface area contributed by atoms with Crippen LogP contribution in [0.25, 0.3) is 0 Å². The Morgan fingerprint density at radius 1 is 0.767 bits per heavy atom. The largest absolute Gasteiger partial charge is 0.336 e. The zero-order chi connectivity index (χ0) is 21.1. The first kappa shape index (κ1) is 20.9. The standard InChI is InChI=1S/C25H24Cl2N2O/c1-18-10-12-20(13-11-18)24(19-6-3-2-4-7-19)28-14-16-29(17-15-28)25(30)23-21(26)8-5-9-22(23)27/h2-13,24H,14-17H2,1H3/t24-/m1/s1. The van der Waals surface area contributed by atoms with Crippen molar-refractivity contribution in [2.45, 2.75) is 13.0 Å². The molecule has 0 spiro atoms.